The van der Waals surface area contributed by atoms with E-state index in [-0.39, 0.29) is 5.91 Å². The number of thiophene rings is 1. The Morgan fingerprint density at radius 1 is 1.21 bits per heavy atom. The van der Waals surface area contributed by atoms with Crippen molar-refractivity contribution in [1.29, 1.82) is 0 Å². The van der Waals surface area contributed by atoms with Crippen LogP contribution in [0, 0.1) is 10.1 Å². The van der Waals surface area contributed by atoms with Crippen LogP contribution in [0.15, 0.2) is 18.2 Å². The number of aryl methyl sites for hydroxylation is 1. The van der Waals surface area contributed by atoms with Gasteiger partial charge in [0.15, 0.2) is 0 Å². The number of nitro groups is 1. The van der Waals surface area contributed by atoms with Gasteiger partial charge in [0.05, 0.1) is 10.5 Å². The van der Waals surface area contributed by atoms with Crippen molar-refractivity contribution in [2.24, 2.45) is 0 Å². The van der Waals surface area contributed by atoms with Crippen molar-refractivity contribution in [3.63, 3.8) is 0 Å². The highest BCUT2D eigenvalue weighted by Crippen LogP contribution is 2.41. The number of fused-ring (bicyclic) bond motifs is 3. The molecule has 2 N–H and O–H groups in total. The minimum atomic E-state index is -0.703. The van der Waals surface area contributed by atoms with E-state index in [0.29, 0.717) is 11.1 Å². The Morgan fingerprint density at radius 3 is 2.79 bits per heavy atom. The second-order valence-electron chi connectivity index (χ2n) is 5.95. The number of anilines is 1. The van der Waals surface area contributed by atoms with Crippen molar-refractivity contribution < 1.29 is 14.8 Å². The third-order valence-corrected chi connectivity index (χ3v) is 5.69. The number of hydrogen-bond acceptors (Lipinski definition) is 6. The van der Waals surface area contributed by atoms with E-state index in [1.807, 2.05) is 0 Å². The first kappa shape index (κ1) is 14.9. The largest absolute Gasteiger partial charge is 0.868 e. The van der Waals surface area contributed by atoms with Crippen LogP contribution in [0.1, 0.15) is 45.4 Å². The molecule has 0 fully saturated rings. The van der Waals surface area contributed by atoms with Gasteiger partial charge in [0.25, 0.3) is 11.6 Å². The van der Waals surface area contributed by atoms with Crippen LogP contribution in [0.25, 0.3) is 0 Å². The fourth-order valence-electron chi connectivity index (χ4n) is 3.30. The molecular weight excluding hydrogens is 330 g/mol. The first-order valence-electron chi connectivity index (χ1n) is 7.72. The van der Waals surface area contributed by atoms with Gasteiger partial charge in [0.1, 0.15) is 11.2 Å². The number of nitrogens with zero attached hydrogens (tertiary/aromatic N) is 1. The molecule has 24 heavy (non-hydrogen) atoms. The Hall–Kier alpha value is -2.61. The summed E-state index contributed by atoms with van der Waals surface area (Å²) in [6.45, 7) is 0. The highest BCUT2D eigenvalue weighted by atomic mass is 32.1. The molecule has 4 rings (SSSR count). The summed E-state index contributed by atoms with van der Waals surface area (Å²) in [6.07, 6.45) is 3.54. The van der Waals surface area contributed by atoms with Crippen LogP contribution in [0.5, 0.6) is 5.75 Å². The van der Waals surface area contributed by atoms with E-state index in [0.717, 1.165) is 42.3 Å². The van der Waals surface area contributed by atoms with Crippen LogP contribution < -0.4 is 15.7 Å². The van der Waals surface area contributed by atoms with Crippen molar-refractivity contribution in [2.75, 3.05) is 5.32 Å². The Balaban J connectivity index is 1.71. The van der Waals surface area contributed by atoms with E-state index in [1.165, 1.54) is 17.0 Å². The molecule has 2 heterocycles. The molecule has 2 aromatic rings. The summed E-state index contributed by atoms with van der Waals surface area (Å²) in [5.41, 5.74) is 1.85. The summed E-state index contributed by atoms with van der Waals surface area (Å²) >= 11 is 1.59. The number of rotatable bonds is 2. The van der Waals surface area contributed by atoms with Gasteiger partial charge in [-0.2, -0.15) is 0 Å². The van der Waals surface area contributed by atoms with E-state index in [2.05, 4.69) is 10.6 Å². The summed E-state index contributed by atoms with van der Waals surface area (Å²) in [4.78, 5) is 24.0. The van der Waals surface area contributed by atoms with E-state index >= 15 is 0 Å². The Kier molecular flexibility index (Phi) is 3.42. The van der Waals surface area contributed by atoms with Crippen molar-refractivity contribution >= 4 is 27.9 Å². The maximum absolute atomic E-state index is 12.5. The Labute approximate surface area is 141 Å². The first-order chi connectivity index (χ1) is 11.5. The predicted molar refractivity (Wildman–Crippen MR) is 87.3 cm³/mol. The van der Waals surface area contributed by atoms with E-state index < -0.39 is 22.5 Å². The third kappa shape index (κ3) is 2.30. The molecular formula is C16H14N3O4S-. The summed E-state index contributed by atoms with van der Waals surface area (Å²) in [5, 5.41) is 29.4. The fourth-order valence-corrected chi connectivity index (χ4v) is 4.62. The van der Waals surface area contributed by atoms with Gasteiger partial charge in [0, 0.05) is 16.5 Å². The smallest absolute Gasteiger partial charge is 0.262 e. The topological polar surface area (TPSA) is 107 Å². The maximum atomic E-state index is 12.5. The molecule has 7 nitrogen and oxygen atoms in total. The van der Waals surface area contributed by atoms with Crippen molar-refractivity contribution in [3.05, 3.63) is 49.9 Å². The molecule has 0 saturated heterocycles. The van der Waals surface area contributed by atoms with Crippen molar-refractivity contribution in [2.45, 2.75) is 31.8 Å². The maximum Gasteiger partial charge on any atom is 0.262 e. The van der Waals surface area contributed by atoms with Gasteiger partial charge in [-0.3, -0.25) is 14.9 Å². The normalized spacial score (nSPS) is 19.0. The summed E-state index contributed by atoms with van der Waals surface area (Å²) < 4.78 is 0. The minimum Gasteiger partial charge on any atom is -0.868 e. The lowest BCUT2D eigenvalue weighted by Gasteiger charge is -2.27. The minimum absolute atomic E-state index is 0.165. The van der Waals surface area contributed by atoms with Gasteiger partial charge < -0.3 is 15.7 Å². The second kappa shape index (κ2) is 5.48. The average molecular weight is 344 g/mol. The lowest BCUT2D eigenvalue weighted by atomic mass is 9.94. The zero-order valence-electron chi connectivity index (χ0n) is 12.6. The van der Waals surface area contributed by atoms with Gasteiger partial charge in [-0.25, -0.2) is 0 Å². The van der Waals surface area contributed by atoms with Crippen molar-refractivity contribution in [3.8, 4) is 5.75 Å². The summed E-state index contributed by atoms with van der Waals surface area (Å²) in [7, 11) is 0. The highest BCUT2D eigenvalue weighted by Gasteiger charge is 2.32. The van der Waals surface area contributed by atoms with E-state index in [9.17, 15) is 20.0 Å². The standard InChI is InChI=1S/C16H15N3O4S/c20-11-6-5-8(7-10(11)19(22)23)14-17-15(21)13-9-3-1-2-4-12(9)24-16(13)18-14/h5-7,14,18,20H,1-4H2,(H,17,21)/p-1/t14-/m1/s1. The third-order valence-electron chi connectivity index (χ3n) is 4.46. The zero-order chi connectivity index (χ0) is 16.8. The average Bonchev–Trinajstić information content (AvgIpc) is 2.93. The van der Waals surface area contributed by atoms with Gasteiger partial charge in [-0.15, -0.1) is 11.3 Å². The van der Waals surface area contributed by atoms with Crippen LogP contribution >= 0.6 is 11.3 Å². The molecule has 2 aliphatic rings. The molecule has 0 saturated carbocycles. The molecule has 1 aromatic carbocycles. The SMILES string of the molecule is O=C1N[C@@H](c2ccc([O-])c([N+](=O)[O-])c2)Nc2sc3c(c21)CCCC3. The van der Waals surface area contributed by atoms with Gasteiger partial charge in [-0.05, 0) is 37.0 Å². The number of hydrogen-bond donors (Lipinski definition) is 2. The number of nitro benzene ring substituents is 1. The monoisotopic (exact) mass is 344 g/mol. The van der Waals surface area contributed by atoms with Gasteiger partial charge in [-0.1, -0.05) is 12.1 Å². The van der Waals surface area contributed by atoms with Gasteiger partial charge in [0.2, 0.25) is 0 Å². The number of carbonyl (C=O) groups is 1. The Morgan fingerprint density at radius 2 is 2.00 bits per heavy atom. The first-order valence-corrected chi connectivity index (χ1v) is 8.53. The highest BCUT2D eigenvalue weighted by molar-refractivity contribution is 7.16. The molecule has 1 amide bonds. The molecule has 0 spiro atoms. The predicted octanol–water partition coefficient (Wildman–Crippen LogP) is 2.46. The lowest BCUT2D eigenvalue weighted by molar-refractivity contribution is -0.398. The zero-order valence-corrected chi connectivity index (χ0v) is 13.4. The Bertz CT molecular complexity index is 861. The van der Waals surface area contributed by atoms with Crippen LogP contribution in [0.3, 0.4) is 0 Å². The fraction of sp³-hybridized carbons (Fsp3) is 0.312. The molecule has 124 valence electrons. The number of nitrogens with one attached hydrogen (secondary N) is 2. The number of benzene rings is 1. The van der Waals surface area contributed by atoms with Gasteiger partial charge >= 0.3 is 0 Å². The lowest BCUT2D eigenvalue weighted by Crippen LogP contribution is -2.38. The van der Waals surface area contributed by atoms with Crippen LogP contribution in [-0.4, -0.2) is 10.8 Å². The quantitative estimate of drug-likeness (QED) is 0.643. The van der Waals surface area contributed by atoms with Crippen molar-refractivity contribution in [1.82, 2.24) is 5.32 Å². The van der Waals surface area contributed by atoms with E-state index in [4.69, 9.17) is 0 Å². The second-order valence-corrected chi connectivity index (χ2v) is 7.06. The molecule has 0 radical (unpaired) electrons. The molecule has 8 heteroatoms. The molecule has 1 aliphatic carbocycles. The molecule has 1 aromatic heterocycles. The van der Waals surface area contributed by atoms with E-state index in [1.54, 1.807) is 11.3 Å². The summed E-state index contributed by atoms with van der Waals surface area (Å²) in [5.74, 6) is -0.805. The van der Waals surface area contributed by atoms with Crippen LogP contribution in [0.2, 0.25) is 0 Å². The number of carbonyl (C=O) groups excluding carboxylic acids is 1. The summed E-state index contributed by atoms with van der Waals surface area (Å²) in [6, 6.07) is 3.89. The number of amides is 1. The van der Waals surface area contributed by atoms with Crippen LogP contribution in [-0.2, 0) is 12.8 Å². The molecule has 1 atom stereocenters. The molecule has 0 bridgehead atoms. The van der Waals surface area contributed by atoms with Crippen LogP contribution in [0.4, 0.5) is 10.7 Å². The molecule has 0 unspecified atom stereocenters. The molecule has 1 aliphatic heterocycles.